The van der Waals surface area contributed by atoms with Gasteiger partial charge in [0.15, 0.2) is 0 Å². The van der Waals surface area contributed by atoms with E-state index in [9.17, 15) is 4.39 Å². The van der Waals surface area contributed by atoms with Crippen LogP contribution in [0.15, 0.2) is 0 Å². The average molecular weight is 209 g/mol. The van der Waals surface area contributed by atoms with Gasteiger partial charge in [-0.3, -0.25) is 9.29 Å². The molecule has 13 heavy (non-hydrogen) atoms. The number of piperazine rings is 1. The summed E-state index contributed by atoms with van der Waals surface area (Å²) in [5, 5.41) is 0. The van der Waals surface area contributed by atoms with E-state index in [2.05, 4.69) is 9.80 Å². The van der Waals surface area contributed by atoms with E-state index in [0.717, 1.165) is 39.3 Å². The highest BCUT2D eigenvalue weighted by Gasteiger charge is 2.15. The number of nitrogens with zero attached hydrogens (tertiary/aromatic N) is 2. The largest absolute Gasteiger partial charge is 0.301 e. The molecular weight excluding hydrogens is 191 g/mol. The van der Waals surface area contributed by atoms with Crippen LogP contribution in [0.25, 0.3) is 0 Å². The topological polar surface area (TPSA) is 6.48 Å². The molecule has 1 heterocycles. The zero-order valence-electron chi connectivity index (χ0n) is 8.01. The maximum atomic E-state index is 11.9. The molecule has 0 bridgehead atoms. The van der Waals surface area contributed by atoms with E-state index < -0.39 is 0 Å². The van der Waals surface area contributed by atoms with Crippen LogP contribution in [-0.4, -0.2) is 61.6 Å². The van der Waals surface area contributed by atoms with Crippen LogP contribution >= 0.6 is 11.6 Å². The second kappa shape index (κ2) is 6.57. The van der Waals surface area contributed by atoms with E-state index >= 15 is 0 Å². The first-order chi connectivity index (χ1) is 6.36. The van der Waals surface area contributed by atoms with E-state index in [4.69, 9.17) is 11.6 Å². The van der Waals surface area contributed by atoms with Gasteiger partial charge >= 0.3 is 0 Å². The summed E-state index contributed by atoms with van der Waals surface area (Å²) >= 11 is 5.65. The number of rotatable bonds is 5. The number of alkyl halides is 2. The molecule has 0 spiro atoms. The van der Waals surface area contributed by atoms with Gasteiger partial charge in [-0.1, -0.05) is 0 Å². The molecule has 0 aromatic heterocycles. The molecule has 0 aliphatic carbocycles. The van der Waals surface area contributed by atoms with Crippen LogP contribution in [0.5, 0.6) is 0 Å². The Balaban J connectivity index is 2.08. The van der Waals surface area contributed by atoms with Crippen molar-refractivity contribution in [2.45, 2.75) is 6.42 Å². The fourth-order valence-corrected chi connectivity index (χ4v) is 1.88. The molecule has 1 rings (SSSR count). The van der Waals surface area contributed by atoms with Gasteiger partial charge in [-0.15, -0.1) is 11.6 Å². The minimum atomic E-state index is -0.193. The normalized spacial score (nSPS) is 20.8. The van der Waals surface area contributed by atoms with Crippen molar-refractivity contribution in [2.24, 2.45) is 0 Å². The molecule has 0 unspecified atom stereocenters. The predicted octanol–water partition coefficient (Wildman–Crippen LogP) is 1.20. The first-order valence-corrected chi connectivity index (χ1v) is 5.47. The number of hydrogen-bond acceptors (Lipinski definition) is 2. The Kier molecular flexibility index (Phi) is 5.67. The Labute approximate surface area is 84.6 Å². The third-order valence-electron chi connectivity index (χ3n) is 2.47. The molecule has 1 aliphatic rings. The highest BCUT2D eigenvalue weighted by atomic mass is 35.5. The lowest BCUT2D eigenvalue weighted by Crippen LogP contribution is -2.47. The van der Waals surface area contributed by atoms with Gasteiger partial charge in [-0.2, -0.15) is 0 Å². The van der Waals surface area contributed by atoms with Crippen molar-refractivity contribution < 1.29 is 4.39 Å². The molecule has 0 aromatic carbocycles. The maximum absolute atomic E-state index is 11.9. The van der Waals surface area contributed by atoms with Crippen LogP contribution in [0.3, 0.4) is 0 Å². The number of hydrogen-bond donors (Lipinski definition) is 0. The Morgan fingerprint density at radius 3 is 2.00 bits per heavy atom. The molecule has 4 heteroatoms. The van der Waals surface area contributed by atoms with Crippen LogP contribution in [0.2, 0.25) is 0 Å². The van der Waals surface area contributed by atoms with Crippen LogP contribution in [-0.2, 0) is 0 Å². The van der Waals surface area contributed by atoms with Crippen molar-refractivity contribution in [1.29, 1.82) is 0 Å². The monoisotopic (exact) mass is 208 g/mol. The van der Waals surface area contributed by atoms with Crippen LogP contribution < -0.4 is 0 Å². The Hall–Kier alpha value is 0.140. The summed E-state index contributed by atoms with van der Waals surface area (Å²) in [6, 6.07) is 0. The van der Waals surface area contributed by atoms with E-state index in [0.29, 0.717) is 12.3 Å². The summed E-state index contributed by atoms with van der Waals surface area (Å²) in [5.41, 5.74) is 0. The molecule has 0 aromatic rings. The third kappa shape index (κ3) is 4.25. The zero-order chi connectivity index (χ0) is 9.52. The van der Waals surface area contributed by atoms with Gasteiger partial charge in [0, 0.05) is 45.1 Å². The summed E-state index contributed by atoms with van der Waals surface area (Å²) in [6.07, 6.45) is 0.676. The SMILES string of the molecule is FCCCN1CCN(CCCl)CC1. The molecule has 2 nitrogen and oxygen atoms in total. The minimum absolute atomic E-state index is 0.193. The summed E-state index contributed by atoms with van der Waals surface area (Å²) in [5.74, 6) is 0.713. The standard InChI is InChI=1S/C9H18ClFN2/c10-2-5-13-8-6-12(7-9-13)4-1-3-11/h1-9H2. The van der Waals surface area contributed by atoms with Crippen molar-refractivity contribution in [3.05, 3.63) is 0 Å². The maximum Gasteiger partial charge on any atom is 0.0906 e. The molecule has 1 fully saturated rings. The fraction of sp³-hybridized carbons (Fsp3) is 1.00. The second-order valence-electron chi connectivity index (χ2n) is 3.41. The van der Waals surface area contributed by atoms with Crippen molar-refractivity contribution in [2.75, 3.05) is 51.8 Å². The lowest BCUT2D eigenvalue weighted by molar-refractivity contribution is 0.134. The van der Waals surface area contributed by atoms with E-state index in [1.807, 2.05) is 0 Å². The van der Waals surface area contributed by atoms with Gasteiger partial charge < -0.3 is 4.90 Å². The quantitative estimate of drug-likeness (QED) is 0.627. The summed E-state index contributed by atoms with van der Waals surface area (Å²) < 4.78 is 11.9. The molecule has 0 saturated carbocycles. The molecule has 0 N–H and O–H groups in total. The predicted molar refractivity (Wildman–Crippen MR) is 54.2 cm³/mol. The average Bonchev–Trinajstić information content (AvgIpc) is 2.17. The number of halogens is 2. The van der Waals surface area contributed by atoms with Crippen molar-refractivity contribution in [3.63, 3.8) is 0 Å². The van der Waals surface area contributed by atoms with Gasteiger partial charge in [0.1, 0.15) is 0 Å². The first kappa shape index (κ1) is 11.2. The van der Waals surface area contributed by atoms with E-state index in [-0.39, 0.29) is 6.67 Å². The Bertz CT molecular complexity index is 127. The van der Waals surface area contributed by atoms with Gasteiger partial charge in [0.05, 0.1) is 6.67 Å². The molecule has 78 valence electrons. The Morgan fingerprint density at radius 2 is 1.54 bits per heavy atom. The highest BCUT2D eigenvalue weighted by Crippen LogP contribution is 2.02. The third-order valence-corrected chi connectivity index (χ3v) is 2.64. The van der Waals surface area contributed by atoms with Crippen molar-refractivity contribution >= 4 is 11.6 Å². The van der Waals surface area contributed by atoms with Gasteiger partial charge in [0.25, 0.3) is 0 Å². The first-order valence-electron chi connectivity index (χ1n) is 4.93. The van der Waals surface area contributed by atoms with Crippen LogP contribution in [0, 0.1) is 0 Å². The zero-order valence-corrected chi connectivity index (χ0v) is 8.77. The molecule has 0 radical (unpaired) electrons. The summed E-state index contributed by atoms with van der Waals surface area (Å²) in [7, 11) is 0. The second-order valence-corrected chi connectivity index (χ2v) is 3.79. The molecule has 0 amide bonds. The summed E-state index contributed by atoms with van der Waals surface area (Å²) in [6.45, 7) is 6.00. The van der Waals surface area contributed by atoms with Crippen molar-refractivity contribution in [1.82, 2.24) is 9.80 Å². The fourth-order valence-electron chi connectivity index (χ4n) is 1.64. The molecule has 1 saturated heterocycles. The van der Waals surface area contributed by atoms with Gasteiger partial charge in [0.2, 0.25) is 0 Å². The Morgan fingerprint density at radius 1 is 1.00 bits per heavy atom. The smallest absolute Gasteiger partial charge is 0.0906 e. The van der Waals surface area contributed by atoms with E-state index in [1.54, 1.807) is 0 Å². The molecular formula is C9H18ClFN2. The lowest BCUT2D eigenvalue weighted by atomic mass is 10.3. The van der Waals surface area contributed by atoms with E-state index in [1.165, 1.54) is 0 Å². The summed E-state index contributed by atoms with van der Waals surface area (Å²) in [4.78, 5) is 4.68. The lowest BCUT2D eigenvalue weighted by Gasteiger charge is -2.34. The van der Waals surface area contributed by atoms with Gasteiger partial charge in [-0.05, 0) is 6.42 Å². The van der Waals surface area contributed by atoms with Crippen LogP contribution in [0.4, 0.5) is 4.39 Å². The molecule has 0 atom stereocenters. The van der Waals surface area contributed by atoms with Crippen molar-refractivity contribution in [3.8, 4) is 0 Å². The minimum Gasteiger partial charge on any atom is -0.301 e. The van der Waals surface area contributed by atoms with Crippen LogP contribution in [0.1, 0.15) is 6.42 Å². The van der Waals surface area contributed by atoms with Gasteiger partial charge in [-0.25, -0.2) is 0 Å². The highest BCUT2D eigenvalue weighted by molar-refractivity contribution is 6.18. The molecule has 1 aliphatic heterocycles.